The number of nitrogens with two attached hydrogens (primary N) is 1. The number of hydrogen-bond donors (Lipinski definition) is 1. The predicted octanol–water partition coefficient (Wildman–Crippen LogP) is 1.41. The first kappa shape index (κ1) is 12.4. The van der Waals surface area contributed by atoms with Crippen molar-refractivity contribution in [1.29, 1.82) is 0 Å². The summed E-state index contributed by atoms with van der Waals surface area (Å²) in [5, 5.41) is 8.04. The predicted molar refractivity (Wildman–Crippen MR) is 74.2 cm³/mol. The van der Waals surface area contributed by atoms with Gasteiger partial charge in [-0.05, 0) is 19.1 Å². The molecule has 1 atom stereocenters. The van der Waals surface area contributed by atoms with Gasteiger partial charge in [0.2, 0.25) is 0 Å². The SMILES string of the molecule is Cc1cnc(C(N)c2cnnn2-c2ccccc2)cn1. The molecule has 6 heteroatoms. The van der Waals surface area contributed by atoms with Crippen LogP contribution >= 0.6 is 0 Å². The van der Waals surface area contributed by atoms with Gasteiger partial charge in [-0.25, -0.2) is 4.68 Å². The van der Waals surface area contributed by atoms with Crippen LogP contribution in [0.5, 0.6) is 0 Å². The first-order chi connectivity index (χ1) is 9.75. The van der Waals surface area contributed by atoms with Crippen LogP contribution in [0.1, 0.15) is 23.1 Å². The van der Waals surface area contributed by atoms with Gasteiger partial charge in [0, 0.05) is 6.20 Å². The summed E-state index contributed by atoms with van der Waals surface area (Å²) in [4.78, 5) is 8.53. The molecule has 0 radical (unpaired) electrons. The Morgan fingerprint density at radius 1 is 1.05 bits per heavy atom. The maximum Gasteiger partial charge on any atom is 0.0933 e. The fourth-order valence-corrected chi connectivity index (χ4v) is 1.94. The first-order valence-electron chi connectivity index (χ1n) is 6.26. The molecule has 2 aromatic heterocycles. The minimum Gasteiger partial charge on any atom is -0.318 e. The van der Waals surface area contributed by atoms with Crippen LogP contribution in [0.4, 0.5) is 0 Å². The summed E-state index contributed by atoms with van der Waals surface area (Å²) in [7, 11) is 0. The summed E-state index contributed by atoms with van der Waals surface area (Å²) in [6, 6.07) is 9.32. The number of hydrogen-bond acceptors (Lipinski definition) is 5. The van der Waals surface area contributed by atoms with Gasteiger partial charge in [0.05, 0.1) is 41.2 Å². The first-order valence-corrected chi connectivity index (χ1v) is 6.26. The third kappa shape index (κ3) is 2.28. The van der Waals surface area contributed by atoms with E-state index in [9.17, 15) is 0 Å². The smallest absolute Gasteiger partial charge is 0.0933 e. The molecular formula is C14H14N6. The fraction of sp³-hybridized carbons (Fsp3) is 0.143. The fourth-order valence-electron chi connectivity index (χ4n) is 1.94. The molecular weight excluding hydrogens is 252 g/mol. The van der Waals surface area contributed by atoms with Crippen molar-refractivity contribution in [1.82, 2.24) is 25.0 Å². The second kappa shape index (κ2) is 5.18. The molecule has 100 valence electrons. The van der Waals surface area contributed by atoms with E-state index in [0.717, 1.165) is 17.1 Å². The Labute approximate surface area is 116 Å². The Kier molecular flexibility index (Phi) is 3.22. The van der Waals surface area contributed by atoms with E-state index in [-0.39, 0.29) is 0 Å². The molecule has 0 aliphatic carbocycles. The van der Waals surface area contributed by atoms with Crippen molar-refractivity contribution in [3.05, 3.63) is 66.0 Å². The Bertz CT molecular complexity index is 689. The zero-order valence-corrected chi connectivity index (χ0v) is 11.0. The molecule has 0 saturated heterocycles. The molecule has 2 N–H and O–H groups in total. The number of benzene rings is 1. The van der Waals surface area contributed by atoms with Gasteiger partial charge < -0.3 is 5.73 Å². The quantitative estimate of drug-likeness (QED) is 0.775. The Balaban J connectivity index is 1.99. The molecule has 0 spiro atoms. The van der Waals surface area contributed by atoms with Gasteiger partial charge in [-0.1, -0.05) is 23.4 Å². The van der Waals surface area contributed by atoms with E-state index in [1.54, 1.807) is 23.3 Å². The van der Waals surface area contributed by atoms with Crippen LogP contribution in [0.3, 0.4) is 0 Å². The van der Waals surface area contributed by atoms with Gasteiger partial charge in [0.1, 0.15) is 0 Å². The van der Waals surface area contributed by atoms with Gasteiger partial charge in [-0.2, -0.15) is 0 Å². The van der Waals surface area contributed by atoms with Crippen molar-refractivity contribution in [3.63, 3.8) is 0 Å². The topological polar surface area (TPSA) is 82.5 Å². The maximum absolute atomic E-state index is 6.25. The van der Waals surface area contributed by atoms with E-state index < -0.39 is 6.04 Å². The molecule has 0 aliphatic heterocycles. The molecule has 0 bridgehead atoms. The molecule has 1 unspecified atom stereocenters. The zero-order valence-electron chi connectivity index (χ0n) is 11.0. The number of para-hydroxylation sites is 1. The summed E-state index contributed by atoms with van der Waals surface area (Å²) >= 11 is 0. The molecule has 0 amide bonds. The van der Waals surface area contributed by atoms with Crippen LogP contribution in [0.15, 0.2) is 48.9 Å². The van der Waals surface area contributed by atoms with Crippen molar-refractivity contribution < 1.29 is 0 Å². The van der Waals surface area contributed by atoms with Crippen LogP contribution in [0, 0.1) is 6.92 Å². The van der Waals surface area contributed by atoms with E-state index in [4.69, 9.17) is 5.73 Å². The largest absolute Gasteiger partial charge is 0.318 e. The van der Waals surface area contributed by atoms with E-state index in [2.05, 4.69) is 20.3 Å². The highest BCUT2D eigenvalue weighted by atomic mass is 15.4. The maximum atomic E-state index is 6.25. The van der Waals surface area contributed by atoms with Crippen LogP contribution in [0.25, 0.3) is 5.69 Å². The van der Waals surface area contributed by atoms with Crippen LogP contribution in [0.2, 0.25) is 0 Å². The molecule has 0 fully saturated rings. The third-order valence-electron chi connectivity index (χ3n) is 3.01. The minimum atomic E-state index is -0.418. The van der Waals surface area contributed by atoms with Gasteiger partial charge in [-0.15, -0.1) is 5.10 Å². The molecule has 1 aromatic carbocycles. The highest BCUT2D eigenvalue weighted by molar-refractivity contribution is 5.33. The summed E-state index contributed by atoms with van der Waals surface area (Å²) in [6.45, 7) is 1.89. The molecule has 3 rings (SSSR count). The van der Waals surface area contributed by atoms with E-state index >= 15 is 0 Å². The summed E-state index contributed by atoms with van der Waals surface area (Å²) < 4.78 is 1.71. The van der Waals surface area contributed by atoms with Gasteiger partial charge >= 0.3 is 0 Å². The molecule has 2 heterocycles. The van der Waals surface area contributed by atoms with E-state index in [1.165, 1.54) is 0 Å². The second-order valence-corrected chi connectivity index (χ2v) is 4.47. The number of aromatic nitrogens is 5. The Morgan fingerprint density at radius 3 is 2.55 bits per heavy atom. The van der Waals surface area contributed by atoms with Gasteiger partial charge in [0.15, 0.2) is 0 Å². The zero-order chi connectivity index (χ0) is 13.9. The lowest BCUT2D eigenvalue weighted by atomic mass is 10.1. The molecule has 3 aromatic rings. The molecule has 20 heavy (non-hydrogen) atoms. The lowest BCUT2D eigenvalue weighted by molar-refractivity contribution is 0.703. The molecule has 6 nitrogen and oxygen atoms in total. The van der Waals surface area contributed by atoms with Crippen LogP contribution in [-0.2, 0) is 0 Å². The van der Waals surface area contributed by atoms with Crippen molar-refractivity contribution in [3.8, 4) is 5.69 Å². The average molecular weight is 266 g/mol. The van der Waals surface area contributed by atoms with Crippen molar-refractivity contribution in [2.45, 2.75) is 13.0 Å². The lowest BCUT2D eigenvalue weighted by Gasteiger charge is -2.12. The number of aryl methyl sites for hydroxylation is 1. The number of rotatable bonds is 3. The second-order valence-electron chi connectivity index (χ2n) is 4.47. The monoisotopic (exact) mass is 266 g/mol. The Morgan fingerprint density at radius 2 is 1.85 bits per heavy atom. The normalized spacial score (nSPS) is 12.3. The third-order valence-corrected chi connectivity index (χ3v) is 3.01. The highest BCUT2D eigenvalue weighted by Crippen LogP contribution is 2.19. The Hall–Kier alpha value is -2.60. The highest BCUT2D eigenvalue weighted by Gasteiger charge is 2.17. The van der Waals surface area contributed by atoms with Gasteiger partial charge in [0.25, 0.3) is 0 Å². The average Bonchev–Trinajstić information content (AvgIpc) is 2.97. The van der Waals surface area contributed by atoms with Crippen molar-refractivity contribution in [2.24, 2.45) is 5.73 Å². The molecule has 0 aliphatic rings. The van der Waals surface area contributed by atoms with E-state index in [0.29, 0.717) is 5.69 Å². The minimum absolute atomic E-state index is 0.418. The van der Waals surface area contributed by atoms with E-state index in [1.807, 2.05) is 37.3 Å². The summed E-state index contributed by atoms with van der Waals surface area (Å²) in [6.07, 6.45) is 5.04. The molecule has 0 saturated carbocycles. The number of nitrogens with zero attached hydrogens (tertiary/aromatic N) is 5. The van der Waals surface area contributed by atoms with Crippen molar-refractivity contribution in [2.75, 3.05) is 0 Å². The summed E-state index contributed by atoms with van der Waals surface area (Å²) in [5.41, 5.74) is 9.48. The lowest BCUT2D eigenvalue weighted by Crippen LogP contribution is -2.18. The van der Waals surface area contributed by atoms with Gasteiger partial charge in [-0.3, -0.25) is 9.97 Å². The van der Waals surface area contributed by atoms with Crippen LogP contribution < -0.4 is 5.73 Å². The van der Waals surface area contributed by atoms with Crippen molar-refractivity contribution >= 4 is 0 Å². The standard InChI is InChI=1S/C14H14N6/c1-10-7-17-12(8-16-10)14(15)13-9-18-19-20(13)11-5-3-2-4-6-11/h2-9,14H,15H2,1H3. The summed E-state index contributed by atoms with van der Waals surface area (Å²) in [5.74, 6) is 0. The van der Waals surface area contributed by atoms with Crippen LogP contribution in [-0.4, -0.2) is 25.0 Å².